The summed E-state index contributed by atoms with van der Waals surface area (Å²) in [5.74, 6) is 2.60. The molecule has 5 heteroatoms. The second kappa shape index (κ2) is 7.93. The van der Waals surface area contributed by atoms with Crippen molar-refractivity contribution in [3.8, 4) is 12.3 Å². The van der Waals surface area contributed by atoms with Gasteiger partial charge in [-0.05, 0) is 51.0 Å². The first-order valence-electron chi connectivity index (χ1n) is 6.75. The van der Waals surface area contributed by atoms with Gasteiger partial charge in [0.15, 0.2) is 0 Å². The van der Waals surface area contributed by atoms with Crippen molar-refractivity contribution in [3.63, 3.8) is 0 Å². The molecule has 0 fully saturated rings. The van der Waals surface area contributed by atoms with Gasteiger partial charge in [-0.15, -0.1) is 12.3 Å². The highest BCUT2D eigenvalue weighted by Crippen LogP contribution is 2.14. The molecule has 1 aromatic carbocycles. The second-order valence-electron chi connectivity index (χ2n) is 4.89. The number of rotatable bonds is 8. The molecule has 0 radical (unpaired) electrons. The standard InChI is InChI=1S/C15H22N2O2S/c1-4-5-6-7-12-16-14-8-10-15(11-9-14)20(18,19)17-13(2)3/h1,8-11,13,16-17H,5-7,12H2,2-3H3. The van der Waals surface area contributed by atoms with Crippen LogP contribution in [0.2, 0.25) is 0 Å². The molecule has 0 aliphatic carbocycles. The molecule has 1 rings (SSSR count). The lowest BCUT2D eigenvalue weighted by molar-refractivity contribution is 0.570. The Labute approximate surface area is 122 Å². The van der Waals surface area contributed by atoms with Crippen molar-refractivity contribution < 1.29 is 8.42 Å². The molecule has 20 heavy (non-hydrogen) atoms. The summed E-state index contributed by atoms with van der Waals surface area (Å²) in [6.45, 7) is 4.42. The van der Waals surface area contributed by atoms with Gasteiger partial charge in [0.25, 0.3) is 0 Å². The van der Waals surface area contributed by atoms with Crippen molar-refractivity contribution in [3.05, 3.63) is 24.3 Å². The summed E-state index contributed by atoms with van der Waals surface area (Å²) < 4.78 is 26.4. The highest BCUT2D eigenvalue weighted by atomic mass is 32.2. The average molecular weight is 294 g/mol. The van der Waals surface area contributed by atoms with Crippen molar-refractivity contribution in [2.45, 2.75) is 44.0 Å². The molecular formula is C15H22N2O2S. The monoisotopic (exact) mass is 294 g/mol. The summed E-state index contributed by atoms with van der Waals surface area (Å²) in [4.78, 5) is 0.282. The Kier molecular flexibility index (Phi) is 6.56. The molecule has 0 saturated carbocycles. The summed E-state index contributed by atoms with van der Waals surface area (Å²) in [5, 5.41) is 3.24. The zero-order valence-electron chi connectivity index (χ0n) is 12.0. The topological polar surface area (TPSA) is 58.2 Å². The van der Waals surface area contributed by atoms with Crippen LogP contribution < -0.4 is 10.0 Å². The molecule has 0 saturated heterocycles. The number of anilines is 1. The van der Waals surface area contributed by atoms with E-state index >= 15 is 0 Å². The maximum atomic E-state index is 11.9. The van der Waals surface area contributed by atoms with E-state index in [2.05, 4.69) is 16.0 Å². The molecule has 0 bridgehead atoms. The van der Waals surface area contributed by atoms with E-state index in [-0.39, 0.29) is 10.9 Å². The molecule has 0 unspecified atom stereocenters. The van der Waals surface area contributed by atoms with E-state index in [1.54, 1.807) is 38.1 Å². The molecule has 1 aromatic rings. The molecule has 0 aromatic heterocycles. The van der Waals surface area contributed by atoms with Crippen molar-refractivity contribution in [2.24, 2.45) is 0 Å². The lowest BCUT2D eigenvalue weighted by atomic mass is 10.2. The van der Waals surface area contributed by atoms with Crippen LogP contribution >= 0.6 is 0 Å². The molecule has 0 amide bonds. The summed E-state index contributed by atoms with van der Waals surface area (Å²) in [7, 11) is -3.41. The van der Waals surface area contributed by atoms with Gasteiger partial charge in [0, 0.05) is 24.7 Å². The number of benzene rings is 1. The fourth-order valence-corrected chi connectivity index (χ4v) is 2.97. The minimum atomic E-state index is -3.41. The molecule has 0 atom stereocenters. The van der Waals surface area contributed by atoms with Crippen molar-refractivity contribution in [2.75, 3.05) is 11.9 Å². The van der Waals surface area contributed by atoms with Crippen LogP contribution in [0.1, 0.15) is 33.1 Å². The van der Waals surface area contributed by atoms with Gasteiger partial charge in [-0.2, -0.15) is 0 Å². The summed E-state index contributed by atoms with van der Waals surface area (Å²) in [6.07, 6.45) is 7.97. The Bertz CT molecular complexity index is 542. The number of nitrogens with one attached hydrogen (secondary N) is 2. The highest BCUT2D eigenvalue weighted by molar-refractivity contribution is 7.89. The van der Waals surface area contributed by atoms with Crippen molar-refractivity contribution >= 4 is 15.7 Å². The van der Waals surface area contributed by atoms with E-state index in [0.29, 0.717) is 0 Å². The van der Waals surface area contributed by atoms with Gasteiger partial charge >= 0.3 is 0 Å². The first-order valence-corrected chi connectivity index (χ1v) is 8.24. The van der Waals surface area contributed by atoms with E-state index in [9.17, 15) is 8.42 Å². The fourth-order valence-electron chi connectivity index (χ4n) is 1.72. The third-order valence-corrected chi connectivity index (χ3v) is 4.31. The van der Waals surface area contributed by atoms with Crippen LogP contribution in [0.25, 0.3) is 0 Å². The quantitative estimate of drug-likeness (QED) is 0.572. The van der Waals surface area contributed by atoms with Gasteiger partial charge in [-0.3, -0.25) is 0 Å². The summed E-state index contributed by atoms with van der Waals surface area (Å²) in [6, 6.07) is 6.64. The lowest BCUT2D eigenvalue weighted by Gasteiger charge is -2.10. The van der Waals surface area contributed by atoms with Crippen LogP contribution in [0.3, 0.4) is 0 Å². The Balaban J connectivity index is 2.54. The zero-order chi connectivity index (χ0) is 15.0. The maximum Gasteiger partial charge on any atom is 0.240 e. The van der Waals surface area contributed by atoms with Crippen LogP contribution in [0.5, 0.6) is 0 Å². The van der Waals surface area contributed by atoms with Crippen LogP contribution in [0, 0.1) is 12.3 Å². The summed E-state index contributed by atoms with van der Waals surface area (Å²) >= 11 is 0. The Morgan fingerprint density at radius 1 is 1.20 bits per heavy atom. The van der Waals surface area contributed by atoms with Gasteiger partial charge in [0.1, 0.15) is 0 Å². The van der Waals surface area contributed by atoms with Gasteiger partial charge in [0.2, 0.25) is 10.0 Å². The third-order valence-electron chi connectivity index (χ3n) is 2.63. The lowest BCUT2D eigenvalue weighted by Crippen LogP contribution is -2.30. The normalized spacial score (nSPS) is 11.3. The number of unbranched alkanes of at least 4 members (excludes halogenated alkanes) is 2. The first-order chi connectivity index (χ1) is 9.45. The van der Waals surface area contributed by atoms with Gasteiger partial charge in [-0.25, -0.2) is 13.1 Å². The van der Waals surface area contributed by atoms with E-state index < -0.39 is 10.0 Å². The molecule has 0 aliphatic heterocycles. The SMILES string of the molecule is C#CCCCCNc1ccc(S(=O)(=O)NC(C)C)cc1. The van der Waals surface area contributed by atoms with Gasteiger partial charge in [0.05, 0.1) is 4.90 Å². The molecule has 2 N–H and O–H groups in total. The second-order valence-corrected chi connectivity index (χ2v) is 6.60. The van der Waals surface area contributed by atoms with Crippen LogP contribution in [0.15, 0.2) is 29.2 Å². The third kappa shape index (κ3) is 5.64. The maximum absolute atomic E-state index is 11.9. The number of sulfonamides is 1. The Morgan fingerprint density at radius 2 is 1.85 bits per heavy atom. The minimum Gasteiger partial charge on any atom is -0.385 e. The molecule has 0 heterocycles. The van der Waals surface area contributed by atoms with E-state index in [1.807, 2.05) is 0 Å². The minimum absolute atomic E-state index is 0.117. The van der Waals surface area contributed by atoms with Crippen molar-refractivity contribution in [1.82, 2.24) is 4.72 Å². The smallest absolute Gasteiger partial charge is 0.240 e. The largest absolute Gasteiger partial charge is 0.385 e. The van der Waals surface area contributed by atoms with Crippen LogP contribution in [-0.4, -0.2) is 21.0 Å². The number of hydrogen-bond donors (Lipinski definition) is 2. The van der Waals surface area contributed by atoms with Crippen LogP contribution in [0.4, 0.5) is 5.69 Å². The molecular weight excluding hydrogens is 272 g/mol. The number of hydrogen-bond acceptors (Lipinski definition) is 3. The Morgan fingerprint density at radius 3 is 2.40 bits per heavy atom. The molecule has 0 spiro atoms. The predicted molar refractivity (Wildman–Crippen MR) is 83.1 cm³/mol. The highest BCUT2D eigenvalue weighted by Gasteiger charge is 2.14. The van der Waals surface area contributed by atoms with Gasteiger partial charge in [-0.1, -0.05) is 0 Å². The molecule has 0 aliphatic rings. The van der Waals surface area contributed by atoms with E-state index in [1.165, 1.54) is 0 Å². The Hall–Kier alpha value is -1.51. The van der Waals surface area contributed by atoms with Crippen molar-refractivity contribution in [1.29, 1.82) is 0 Å². The van der Waals surface area contributed by atoms with E-state index in [0.717, 1.165) is 31.5 Å². The number of terminal acetylenes is 1. The van der Waals surface area contributed by atoms with Crippen LogP contribution in [-0.2, 0) is 10.0 Å². The zero-order valence-corrected chi connectivity index (χ0v) is 12.8. The van der Waals surface area contributed by atoms with E-state index in [4.69, 9.17) is 6.42 Å². The van der Waals surface area contributed by atoms with Gasteiger partial charge < -0.3 is 5.32 Å². The predicted octanol–water partition coefficient (Wildman–Crippen LogP) is 2.59. The summed E-state index contributed by atoms with van der Waals surface area (Å²) in [5.41, 5.74) is 0.911. The fraction of sp³-hybridized carbons (Fsp3) is 0.467. The average Bonchev–Trinajstić information content (AvgIpc) is 2.37. The molecule has 110 valence electrons. The molecule has 4 nitrogen and oxygen atoms in total. The first kappa shape index (κ1) is 16.5.